The number of halogens is 2. The van der Waals surface area contributed by atoms with Crippen molar-refractivity contribution >= 4 is 38.6 Å². The van der Waals surface area contributed by atoms with Gasteiger partial charge in [-0.3, -0.25) is 0 Å². The SMILES string of the molecule is CC(Cl)c1nc2cc(Br)ccc2n1CC1CCCCC1C. The minimum absolute atomic E-state index is 0.0601. The predicted molar refractivity (Wildman–Crippen MR) is 92.8 cm³/mol. The fourth-order valence-electron chi connectivity index (χ4n) is 3.52. The van der Waals surface area contributed by atoms with Crippen LogP contribution >= 0.6 is 27.5 Å². The number of imidazole rings is 1. The summed E-state index contributed by atoms with van der Waals surface area (Å²) in [5.74, 6) is 2.54. The first-order chi connectivity index (χ1) is 10.1. The van der Waals surface area contributed by atoms with E-state index in [1.54, 1.807) is 0 Å². The number of alkyl halides is 1. The van der Waals surface area contributed by atoms with Crippen molar-refractivity contribution in [1.82, 2.24) is 9.55 Å². The molecule has 0 aliphatic heterocycles. The van der Waals surface area contributed by atoms with E-state index in [1.807, 2.05) is 6.92 Å². The summed E-state index contributed by atoms with van der Waals surface area (Å²) in [5.41, 5.74) is 2.24. The molecule has 2 aromatic rings. The highest BCUT2D eigenvalue weighted by molar-refractivity contribution is 9.10. The molecule has 0 amide bonds. The number of nitrogens with zero attached hydrogens (tertiary/aromatic N) is 2. The summed E-state index contributed by atoms with van der Waals surface area (Å²) >= 11 is 9.91. The monoisotopic (exact) mass is 368 g/mol. The van der Waals surface area contributed by atoms with Crippen LogP contribution in [0.4, 0.5) is 0 Å². The first-order valence-electron chi connectivity index (χ1n) is 7.86. The van der Waals surface area contributed by atoms with Crippen molar-refractivity contribution in [1.29, 1.82) is 0 Å². The largest absolute Gasteiger partial charge is 0.326 e. The Morgan fingerprint density at radius 3 is 2.86 bits per heavy atom. The van der Waals surface area contributed by atoms with Crippen molar-refractivity contribution in [3.63, 3.8) is 0 Å². The van der Waals surface area contributed by atoms with Gasteiger partial charge in [-0.1, -0.05) is 42.1 Å². The van der Waals surface area contributed by atoms with Crippen molar-refractivity contribution < 1.29 is 0 Å². The van der Waals surface area contributed by atoms with Crippen molar-refractivity contribution in [3.05, 3.63) is 28.5 Å². The van der Waals surface area contributed by atoms with Gasteiger partial charge in [0.05, 0.1) is 16.4 Å². The highest BCUT2D eigenvalue weighted by Crippen LogP contribution is 2.34. The summed E-state index contributed by atoms with van der Waals surface area (Å²) < 4.78 is 3.42. The zero-order chi connectivity index (χ0) is 15.0. The van der Waals surface area contributed by atoms with E-state index in [4.69, 9.17) is 16.6 Å². The molecule has 2 nitrogen and oxygen atoms in total. The second-order valence-electron chi connectivity index (χ2n) is 6.35. The molecule has 4 heteroatoms. The van der Waals surface area contributed by atoms with Gasteiger partial charge in [-0.05, 0) is 43.4 Å². The molecule has 0 bridgehead atoms. The maximum atomic E-state index is 6.38. The summed E-state index contributed by atoms with van der Waals surface area (Å²) in [6, 6.07) is 6.33. The van der Waals surface area contributed by atoms with Crippen molar-refractivity contribution in [3.8, 4) is 0 Å². The maximum Gasteiger partial charge on any atom is 0.127 e. The third-order valence-electron chi connectivity index (χ3n) is 4.80. The molecule has 114 valence electrons. The molecule has 3 atom stereocenters. The fraction of sp³-hybridized carbons (Fsp3) is 0.588. The molecular weight excluding hydrogens is 348 g/mol. The van der Waals surface area contributed by atoms with Crippen LogP contribution < -0.4 is 0 Å². The van der Waals surface area contributed by atoms with Crippen LogP contribution in [0.25, 0.3) is 11.0 Å². The van der Waals surface area contributed by atoms with E-state index < -0.39 is 0 Å². The van der Waals surface area contributed by atoms with Crippen LogP contribution in [0, 0.1) is 11.8 Å². The van der Waals surface area contributed by atoms with Crippen LogP contribution in [0.5, 0.6) is 0 Å². The molecule has 0 N–H and O–H groups in total. The van der Waals surface area contributed by atoms with Crippen LogP contribution in [0.2, 0.25) is 0 Å². The van der Waals surface area contributed by atoms with E-state index >= 15 is 0 Å². The quantitative estimate of drug-likeness (QED) is 0.613. The molecule has 3 rings (SSSR count). The molecule has 1 aliphatic rings. The zero-order valence-corrected chi connectivity index (χ0v) is 15.0. The van der Waals surface area contributed by atoms with Crippen molar-refractivity contribution in [2.45, 2.75) is 51.5 Å². The van der Waals surface area contributed by atoms with E-state index in [0.29, 0.717) is 0 Å². The smallest absolute Gasteiger partial charge is 0.127 e. The Bertz CT molecular complexity index is 635. The van der Waals surface area contributed by atoms with E-state index in [0.717, 1.165) is 34.2 Å². The van der Waals surface area contributed by atoms with Crippen LogP contribution in [-0.2, 0) is 6.54 Å². The summed E-state index contributed by atoms with van der Waals surface area (Å²) in [4.78, 5) is 4.76. The van der Waals surface area contributed by atoms with E-state index in [2.05, 4.69) is 45.6 Å². The highest BCUT2D eigenvalue weighted by Gasteiger charge is 2.24. The first-order valence-corrected chi connectivity index (χ1v) is 9.09. The van der Waals surface area contributed by atoms with Crippen LogP contribution in [0.3, 0.4) is 0 Å². The van der Waals surface area contributed by atoms with Gasteiger partial charge in [-0.2, -0.15) is 0 Å². The van der Waals surface area contributed by atoms with Gasteiger partial charge in [0.25, 0.3) is 0 Å². The number of benzene rings is 1. The van der Waals surface area contributed by atoms with Crippen molar-refractivity contribution in [2.75, 3.05) is 0 Å². The molecule has 1 aromatic heterocycles. The summed E-state index contributed by atoms with van der Waals surface area (Å²) in [6.07, 6.45) is 5.43. The van der Waals surface area contributed by atoms with Gasteiger partial charge in [0.15, 0.2) is 0 Å². The van der Waals surface area contributed by atoms with E-state index in [-0.39, 0.29) is 5.38 Å². The Labute approximate surface area is 140 Å². The lowest BCUT2D eigenvalue weighted by Gasteiger charge is -2.30. The number of hydrogen-bond acceptors (Lipinski definition) is 1. The topological polar surface area (TPSA) is 17.8 Å². The second-order valence-corrected chi connectivity index (χ2v) is 7.92. The van der Waals surface area contributed by atoms with Crippen molar-refractivity contribution in [2.24, 2.45) is 11.8 Å². The Balaban J connectivity index is 2.00. The molecule has 0 radical (unpaired) electrons. The van der Waals surface area contributed by atoms with Gasteiger partial charge in [0.2, 0.25) is 0 Å². The Morgan fingerprint density at radius 2 is 2.14 bits per heavy atom. The third kappa shape index (κ3) is 3.14. The van der Waals surface area contributed by atoms with Crippen LogP contribution in [-0.4, -0.2) is 9.55 Å². The molecule has 1 saturated carbocycles. The maximum absolute atomic E-state index is 6.38. The lowest BCUT2D eigenvalue weighted by Crippen LogP contribution is -2.23. The van der Waals surface area contributed by atoms with Gasteiger partial charge >= 0.3 is 0 Å². The Kier molecular flexibility index (Phi) is 4.60. The molecular formula is C17H22BrClN2. The van der Waals surface area contributed by atoms with Gasteiger partial charge in [0, 0.05) is 11.0 Å². The molecule has 0 saturated heterocycles. The molecule has 1 aliphatic carbocycles. The summed E-state index contributed by atoms with van der Waals surface area (Å²) in [5, 5.41) is -0.0601. The van der Waals surface area contributed by atoms with Crippen LogP contribution in [0.15, 0.2) is 22.7 Å². The lowest BCUT2D eigenvalue weighted by atomic mass is 9.80. The number of fused-ring (bicyclic) bond motifs is 1. The van der Waals surface area contributed by atoms with E-state index in [1.165, 1.54) is 31.2 Å². The highest BCUT2D eigenvalue weighted by atomic mass is 79.9. The molecule has 0 spiro atoms. The average molecular weight is 370 g/mol. The second kappa shape index (κ2) is 6.29. The number of aromatic nitrogens is 2. The van der Waals surface area contributed by atoms with Gasteiger partial charge in [-0.25, -0.2) is 4.98 Å². The summed E-state index contributed by atoms with van der Waals surface area (Å²) in [6.45, 7) is 5.45. The number of hydrogen-bond donors (Lipinski definition) is 0. The molecule has 3 unspecified atom stereocenters. The summed E-state index contributed by atoms with van der Waals surface area (Å²) in [7, 11) is 0. The van der Waals surface area contributed by atoms with Gasteiger partial charge in [-0.15, -0.1) is 11.6 Å². The Morgan fingerprint density at radius 1 is 1.38 bits per heavy atom. The molecule has 1 aromatic carbocycles. The predicted octanol–water partition coefficient (Wildman–Crippen LogP) is 5.92. The molecule has 1 fully saturated rings. The molecule has 1 heterocycles. The minimum atomic E-state index is -0.0601. The normalized spacial score (nSPS) is 24.4. The molecule has 21 heavy (non-hydrogen) atoms. The first kappa shape index (κ1) is 15.4. The minimum Gasteiger partial charge on any atom is -0.326 e. The fourth-order valence-corrected chi connectivity index (χ4v) is 4.03. The van der Waals surface area contributed by atoms with Gasteiger partial charge < -0.3 is 4.57 Å². The standard InChI is InChI=1S/C17H22BrClN2/c1-11-5-3-4-6-13(11)10-21-16-8-7-14(18)9-15(16)20-17(21)12(2)19/h7-9,11-13H,3-6,10H2,1-2H3. The zero-order valence-electron chi connectivity index (χ0n) is 12.6. The Hall–Kier alpha value is -0.540. The average Bonchev–Trinajstić information content (AvgIpc) is 2.79. The van der Waals surface area contributed by atoms with Crippen LogP contribution in [0.1, 0.15) is 50.7 Å². The third-order valence-corrected chi connectivity index (χ3v) is 5.49. The van der Waals surface area contributed by atoms with E-state index in [9.17, 15) is 0 Å². The van der Waals surface area contributed by atoms with Gasteiger partial charge in [0.1, 0.15) is 5.82 Å². The lowest BCUT2D eigenvalue weighted by molar-refractivity contribution is 0.228. The number of rotatable bonds is 3.